The highest BCUT2D eigenvalue weighted by Crippen LogP contribution is 2.27. The predicted octanol–water partition coefficient (Wildman–Crippen LogP) is 5.46. The molecule has 0 aliphatic rings. The van der Waals surface area contributed by atoms with E-state index >= 15 is 0 Å². The molecule has 0 atom stereocenters. The van der Waals surface area contributed by atoms with Crippen LogP contribution in [-0.2, 0) is 0 Å². The molecule has 126 valence electrons. The molecule has 0 fully saturated rings. The Morgan fingerprint density at radius 1 is 0.846 bits per heavy atom. The van der Waals surface area contributed by atoms with E-state index in [2.05, 4.69) is 5.32 Å². The van der Waals surface area contributed by atoms with Crippen molar-refractivity contribution in [3.63, 3.8) is 0 Å². The van der Waals surface area contributed by atoms with Gasteiger partial charge in [0.1, 0.15) is 0 Å². The monoisotopic (exact) mass is 338 g/mol. The summed E-state index contributed by atoms with van der Waals surface area (Å²) in [5, 5.41) is 3.84. The number of carbonyl (C=O) groups excluding carboxylic acids is 1. The number of pyridine rings is 1. The number of aryl methyl sites for hydroxylation is 1. The molecule has 4 aromatic rings. The van der Waals surface area contributed by atoms with Gasteiger partial charge in [-0.2, -0.15) is 0 Å². The molecule has 0 spiro atoms. The number of para-hydroxylation sites is 2. The lowest BCUT2D eigenvalue weighted by Gasteiger charge is -2.12. The number of aromatic nitrogens is 1. The van der Waals surface area contributed by atoms with Gasteiger partial charge in [0.2, 0.25) is 0 Å². The van der Waals surface area contributed by atoms with Crippen LogP contribution in [0, 0.1) is 6.92 Å². The summed E-state index contributed by atoms with van der Waals surface area (Å²) < 4.78 is 0. The highest BCUT2D eigenvalue weighted by molar-refractivity contribution is 6.13. The van der Waals surface area contributed by atoms with Crippen molar-refractivity contribution in [3.8, 4) is 11.3 Å². The van der Waals surface area contributed by atoms with E-state index in [0.717, 1.165) is 33.4 Å². The minimum Gasteiger partial charge on any atom is -0.322 e. The molecule has 4 rings (SSSR count). The summed E-state index contributed by atoms with van der Waals surface area (Å²) >= 11 is 0. The number of fused-ring (bicyclic) bond motifs is 1. The Labute approximate surface area is 152 Å². The third-order valence-corrected chi connectivity index (χ3v) is 4.39. The van der Waals surface area contributed by atoms with E-state index < -0.39 is 0 Å². The zero-order valence-electron chi connectivity index (χ0n) is 14.4. The lowest BCUT2D eigenvalue weighted by Crippen LogP contribution is -2.13. The van der Waals surface area contributed by atoms with E-state index in [4.69, 9.17) is 4.98 Å². The van der Waals surface area contributed by atoms with Gasteiger partial charge in [0.05, 0.1) is 16.8 Å². The Morgan fingerprint density at radius 3 is 2.27 bits per heavy atom. The van der Waals surface area contributed by atoms with Crippen LogP contribution in [0.3, 0.4) is 0 Å². The van der Waals surface area contributed by atoms with Crippen LogP contribution in [0.2, 0.25) is 0 Å². The molecule has 3 nitrogen and oxygen atoms in total. The van der Waals surface area contributed by atoms with Crippen molar-refractivity contribution in [2.75, 3.05) is 5.32 Å². The number of hydrogen-bond donors (Lipinski definition) is 1. The lowest BCUT2D eigenvalue weighted by molar-refractivity contribution is 0.102. The summed E-state index contributed by atoms with van der Waals surface area (Å²) in [6.07, 6.45) is 0. The maximum Gasteiger partial charge on any atom is 0.256 e. The lowest BCUT2D eigenvalue weighted by atomic mass is 10.0. The van der Waals surface area contributed by atoms with Gasteiger partial charge in [0.15, 0.2) is 0 Å². The molecule has 0 unspecified atom stereocenters. The summed E-state index contributed by atoms with van der Waals surface area (Å²) in [7, 11) is 0. The zero-order chi connectivity index (χ0) is 17.9. The Bertz CT molecular complexity index is 1070. The highest BCUT2D eigenvalue weighted by Gasteiger charge is 2.15. The Hall–Kier alpha value is -3.46. The average Bonchev–Trinajstić information content (AvgIpc) is 2.69. The first kappa shape index (κ1) is 16.0. The topological polar surface area (TPSA) is 42.0 Å². The van der Waals surface area contributed by atoms with Crippen LogP contribution in [0.4, 0.5) is 5.69 Å². The summed E-state index contributed by atoms with van der Waals surface area (Å²) in [6.45, 7) is 2.02. The van der Waals surface area contributed by atoms with Crippen LogP contribution < -0.4 is 5.32 Å². The molecule has 1 aromatic heterocycles. The molecular weight excluding hydrogens is 320 g/mol. The van der Waals surface area contributed by atoms with Gasteiger partial charge in [-0.1, -0.05) is 66.7 Å². The molecule has 3 aromatic carbocycles. The fraction of sp³-hybridized carbons (Fsp3) is 0.0435. The van der Waals surface area contributed by atoms with E-state index in [1.165, 1.54) is 0 Å². The summed E-state index contributed by atoms with van der Waals surface area (Å²) in [5.41, 5.74) is 5.09. The van der Waals surface area contributed by atoms with E-state index in [1.807, 2.05) is 91.9 Å². The number of nitrogens with zero attached hydrogens (tertiary/aromatic N) is 1. The van der Waals surface area contributed by atoms with E-state index in [-0.39, 0.29) is 5.91 Å². The first-order chi connectivity index (χ1) is 12.7. The average molecular weight is 338 g/mol. The normalized spacial score (nSPS) is 10.7. The largest absolute Gasteiger partial charge is 0.322 e. The number of hydrogen-bond acceptors (Lipinski definition) is 2. The van der Waals surface area contributed by atoms with Gasteiger partial charge in [-0.05, 0) is 30.7 Å². The number of benzene rings is 3. The summed E-state index contributed by atoms with van der Waals surface area (Å²) in [6, 6.07) is 27.2. The molecule has 0 saturated carbocycles. The van der Waals surface area contributed by atoms with Gasteiger partial charge in [-0.25, -0.2) is 4.98 Å². The second-order valence-electron chi connectivity index (χ2n) is 6.21. The van der Waals surface area contributed by atoms with Crippen LogP contribution in [0.5, 0.6) is 0 Å². The number of anilines is 1. The van der Waals surface area contributed by atoms with E-state index in [9.17, 15) is 4.79 Å². The quantitative estimate of drug-likeness (QED) is 0.539. The first-order valence-electron chi connectivity index (χ1n) is 8.54. The molecule has 1 amide bonds. The zero-order valence-corrected chi connectivity index (χ0v) is 14.4. The van der Waals surface area contributed by atoms with E-state index in [1.54, 1.807) is 0 Å². The minimum atomic E-state index is -0.133. The fourth-order valence-electron chi connectivity index (χ4n) is 3.06. The smallest absolute Gasteiger partial charge is 0.256 e. The van der Waals surface area contributed by atoms with Crippen LogP contribution in [0.15, 0.2) is 84.9 Å². The SMILES string of the molecule is Cc1cccc2c(C(=O)Nc3ccccc3)cc(-c3ccccc3)nc12. The van der Waals surface area contributed by atoms with Crippen LogP contribution in [-0.4, -0.2) is 10.9 Å². The van der Waals surface area contributed by atoms with Gasteiger partial charge in [0, 0.05) is 16.6 Å². The highest BCUT2D eigenvalue weighted by atomic mass is 16.1. The number of amides is 1. The van der Waals surface area contributed by atoms with Crippen molar-refractivity contribution in [1.29, 1.82) is 0 Å². The Kier molecular flexibility index (Phi) is 4.20. The summed E-state index contributed by atoms with van der Waals surface area (Å²) in [5.74, 6) is -0.133. The van der Waals surface area contributed by atoms with Gasteiger partial charge < -0.3 is 5.32 Å². The number of rotatable bonds is 3. The summed E-state index contributed by atoms with van der Waals surface area (Å²) in [4.78, 5) is 17.8. The van der Waals surface area contributed by atoms with Crippen molar-refractivity contribution in [1.82, 2.24) is 4.98 Å². The molecule has 26 heavy (non-hydrogen) atoms. The predicted molar refractivity (Wildman–Crippen MR) is 106 cm³/mol. The molecule has 1 N–H and O–H groups in total. The van der Waals surface area contributed by atoms with Crippen molar-refractivity contribution in [2.45, 2.75) is 6.92 Å². The first-order valence-corrected chi connectivity index (χ1v) is 8.54. The van der Waals surface area contributed by atoms with Gasteiger partial charge >= 0.3 is 0 Å². The molecule has 1 heterocycles. The number of nitrogens with one attached hydrogen (secondary N) is 1. The Morgan fingerprint density at radius 2 is 1.54 bits per heavy atom. The van der Waals surface area contributed by atoms with Crippen molar-refractivity contribution >= 4 is 22.5 Å². The van der Waals surface area contributed by atoms with E-state index in [0.29, 0.717) is 5.56 Å². The van der Waals surface area contributed by atoms with Gasteiger partial charge in [0.25, 0.3) is 5.91 Å². The van der Waals surface area contributed by atoms with Crippen molar-refractivity contribution in [2.24, 2.45) is 0 Å². The van der Waals surface area contributed by atoms with Crippen LogP contribution in [0.25, 0.3) is 22.2 Å². The molecule has 0 aliphatic carbocycles. The van der Waals surface area contributed by atoms with Gasteiger partial charge in [-0.3, -0.25) is 4.79 Å². The second-order valence-corrected chi connectivity index (χ2v) is 6.21. The van der Waals surface area contributed by atoms with Crippen molar-refractivity contribution < 1.29 is 4.79 Å². The molecular formula is C23H18N2O. The third kappa shape index (κ3) is 3.07. The van der Waals surface area contributed by atoms with Crippen LogP contribution in [0.1, 0.15) is 15.9 Å². The Balaban J connectivity index is 1.87. The molecule has 0 radical (unpaired) electrons. The molecule has 3 heteroatoms. The fourth-order valence-corrected chi connectivity index (χ4v) is 3.06. The third-order valence-electron chi connectivity index (χ3n) is 4.39. The standard InChI is InChI=1S/C23H18N2O/c1-16-9-8-14-19-20(23(26)24-18-12-6-3-7-13-18)15-21(25-22(16)19)17-10-4-2-5-11-17/h2-15H,1H3,(H,24,26). The van der Waals surface area contributed by atoms with Crippen molar-refractivity contribution in [3.05, 3.63) is 96.1 Å². The molecule has 0 bridgehead atoms. The van der Waals surface area contributed by atoms with Crippen LogP contribution >= 0.6 is 0 Å². The minimum absolute atomic E-state index is 0.133. The molecule has 0 aliphatic heterocycles. The van der Waals surface area contributed by atoms with Gasteiger partial charge in [-0.15, -0.1) is 0 Å². The second kappa shape index (κ2) is 6.81. The molecule has 0 saturated heterocycles. The maximum atomic E-state index is 13.0. The number of carbonyl (C=O) groups is 1. The maximum absolute atomic E-state index is 13.0.